The van der Waals surface area contributed by atoms with E-state index in [-0.39, 0.29) is 29.7 Å². The molecule has 0 aliphatic rings. The number of aromatic nitrogens is 1. The van der Waals surface area contributed by atoms with Crippen LogP contribution in [0.3, 0.4) is 0 Å². The number of benzene rings is 2. The van der Waals surface area contributed by atoms with E-state index in [2.05, 4.69) is 5.32 Å². The molecule has 0 fully saturated rings. The number of carbonyl (C=O) groups excluding carboxylic acids is 1. The molecule has 3 aromatic rings. The van der Waals surface area contributed by atoms with Crippen LogP contribution < -0.4 is 10.7 Å². The van der Waals surface area contributed by atoms with Crippen LogP contribution >= 0.6 is 0 Å². The first-order valence-electron chi connectivity index (χ1n) is 7.67. The number of halogens is 1. The molecule has 2 aromatic carbocycles. The summed E-state index contributed by atoms with van der Waals surface area (Å²) in [6, 6.07) is 14.4. The third kappa shape index (κ3) is 3.35. The Morgan fingerprint density at radius 1 is 1.12 bits per heavy atom. The first-order chi connectivity index (χ1) is 11.5. The lowest BCUT2D eigenvalue weighted by molar-refractivity contribution is -0.122. The van der Waals surface area contributed by atoms with E-state index in [1.54, 1.807) is 35.0 Å². The Bertz CT molecular complexity index is 932. The molecule has 1 aromatic heterocycles. The average molecular weight is 324 g/mol. The monoisotopic (exact) mass is 324 g/mol. The van der Waals surface area contributed by atoms with E-state index in [4.69, 9.17) is 0 Å². The second-order valence-electron chi connectivity index (χ2n) is 5.67. The zero-order valence-corrected chi connectivity index (χ0v) is 13.2. The van der Waals surface area contributed by atoms with Crippen molar-refractivity contribution in [3.05, 3.63) is 82.4 Å². The van der Waals surface area contributed by atoms with Crippen molar-refractivity contribution in [1.82, 2.24) is 9.88 Å². The summed E-state index contributed by atoms with van der Waals surface area (Å²) in [4.78, 5) is 24.2. The summed E-state index contributed by atoms with van der Waals surface area (Å²) in [6.45, 7) is 1.95. The predicted octanol–water partition coefficient (Wildman–Crippen LogP) is 3.02. The van der Waals surface area contributed by atoms with Gasteiger partial charge in [-0.3, -0.25) is 9.59 Å². The molecule has 122 valence electrons. The number of hydrogen-bond acceptors (Lipinski definition) is 2. The minimum atomic E-state index is -0.308. The number of nitrogens with one attached hydrogen (secondary N) is 1. The molecule has 1 heterocycles. The number of hydrogen-bond donors (Lipinski definition) is 1. The highest BCUT2D eigenvalue weighted by Gasteiger charge is 2.11. The molecule has 1 amide bonds. The van der Waals surface area contributed by atoms with Crippen molar-refractivity contribution >= 4 is 16.8 Å². The normalized spacial score (nSPS) is 12.1. The van der Waals surface area contributed by atoms with Gasteiger partial charge in [0.05, 0.1) is 11.6 Å². The molecule has 0 unspecified atom stereocenters. The molecule has 0 spiro atoms. The zero-order chi connectivity index (χ0) is 17.1. The third-order valence-corrected chi connectivity index (χ3v) is 3.95. The summed E-state index contributed by atoms with van der Waals surface area (Å²) in [5.74, 6) is -0.488. The van der Waals surface area contributed by atoms with E-state index >= 15 is 0 Å². The topological polar surface area (TPSA) is 51.1 Å². The maximum Gasteiger partial charge on any atom is 0.240 e. The van der Waals surface area contributed by atoms with Crippen LogP contribution in [0.1, 0.15) is 18.5 Å². The van der Waals surface area contributed by atoms with Crippen molar-refractivity contribution in [2.75, 3.05) is 0 Å². The lowest BCUT2D eigenvalue weighted by atomic mass is 10.1. The van der Waals surface area contributed by atoms with Crippen LogP contribution in [0.25, 0.3) is 10.9 Å². The lowest BCUT2D eigenvalue weighted by Gasteiger charge is -2.16. The molecule has 0 bridgehead atoms. The number of fused-ring (bicyclic) bond motifs is 1. The molecular weight excluding hydrogens is 307 g/mol. The molecule has 1 N–H and O–H groups in total. The van der Waals surface area contributed by atoms with Crippen molar-refractivity contribution in [1.29, 1.82) is 0 Å². The number of para-hydroxylation sites is 1. The summed E-state index contributed by atoms with van der Waals surface area (Å²) in [6.07, 6.45) is 1.62. The maximum atomic E-state index is 13.0. The predicted molar refractivity (Wildman–Crippen MR) is 91.2 cm³/mol. The van der Waals surface area contributed by atoms with Gasteiger partial charge < -0.3 is 9.88 Å². The molecule has 4 nitrogen and oxygen atoms in total. The van der Waals surface area contributed by atoms with Gasteiger partial charge in [0, 0.05) is 17.6 Å². The van der Waals surface area contributed by atoms with Crippen molar-refractivity contribution in [3.63, 3.8) is 0 Å². The van der Waals surface area contributed by atoms with Gasteiger partial charge in [-0.1, -0.05) is 24.3 Å². The highest BCUT2D eigenvalue weighted by molar-refractivity contribution is 5.82. The Hall–Kier alpha value is -2.95. The van der Waals surface area contributed by atoms with Crippen LogP contribution in [0.5, 0.6) is 0 Å². The van der Waals surface area contributed by atoms with E-state index in [1.807, 2.05) is 19.1 Å². The Morgan fingerprint density at radius 2 is 1.83 bits per heavy atom. The summed E-state index contributed by atoms with van der Waals surface area (Å²) in [5.41, 5.74) is 1.48. The maximum absolute atomic E-state index is 13.0. The molecule has 0 aliphatic heterocycles. The first kappa shape index (κ1) is 15.9. The highest BCUT2D eigenvalue weighted by atomic mass is 19.1. The first-order valence-corrected chi connectivity index (χ1v) is 7.67. The van der Waals surface area contributed by atoms with Crippen LogP contribution in [0.15, 0.2) is 65.6 Å². The van der Waals surface area contributed by atoms with Crippen LogP contribution in [-0.4, -0.2) is 10.5 Å². The fraction of sp³-hybridized carbons (Fsp3) is 0.158. The Morgan fingerprint density at radius 3 is 2.58 bits per heavy atom. The summed E-state index contributed by atoms with van der Waals surface area (Å²) < 4.78 is 14.7. The van der Waals surface area contributed by atoms with Gasteiger partial charge in [-0.05, 0) is 36.8 Å². The molecule has 1 atom stereocenters. The van der Waals surface area contributed by atoms with Crippen molar-refractivity contribution < 1.29 is 9.18 Å². The highest BCUT2D eigenvalue weighted by Crippen LogP contribution is 2.13. The molecule has 0 aliphatic carbocycles. The summed E-state index contributed by atoms with van der Waals surface area (Å²) in [5, 5.41) is 3.47. The van der Waals surface area contributed by atoms with Gasteiger partial charge in [0.1, 0.15) is 12.4 Å². The minimum absolute atomic E-state index is 0.0676. The largest absolute Gasteiger partial charge is 0.348 e. The average Bonchev–Trinajstić information content (AvgIpc) is 2.58. The van der Waals surface area contributed by atoms with Gasteiger partial charge in [-0.2, -0.15) is 0 Å². The van der Waals surface area contributed by atoms with E-state index in [9.17, 15) is 14.0 Å². The van der Waals surface area contributed by atoms with Gasteiger partial charge in [-0.25, -0.2) is 4.39 Å². The van der Waals surface area contributed by atoms with Gasteiger partial charge in [0.2, 0.25) is 5.91 Å². The van der Waals surface area contributed by atoms with Gasteiger partial charge in [0.25, 0.3) is 0 Å². The van der Waals surface area contributed by atoms with Crippen LogP contribution in [0.2, 0.25) is 0 Å². The Labute approximate surface area is 138 Å². The standard InChI is InChI=1S/C19H17FN2O2/c1-13(14-6-8-15(20)9-7-14)21-19(24)12-22-11-10-18(23)16-4-2-3-5-17(16)22/h2-11,13H,12H2,1H3,(H,21,24)/t13-/m1/s1. The number of rotatable bonds is 4. The smallest absolute Gasteiger partial charge is 0.240 e. The van der Waals surface area contributed by atoms with E-state index < -0.39 is 0 Å². The van der Waals surface area contributed by atoms with Crippen LogP contribution in [0, 0.1) is 5.82 Å². The number of amides is 1. The van der Waals surface area contributed by atoms with Crippen molar-refractivity contribution in [2.24, 2.45) is 0 Å². The van der Waals surface area contributed by atoms with E-state index in [0.29, 0.717) is 5.39 Å². The molecule has 3 rings (SSSR count). The number of nitrogens with zero attached hydrogens (tertiary/aromatic N) is 1. The lowest BCUT2D eigenvalue weighted by Crippen LogP contribution is -2.30. The quantitative estimate of drug-likeness (QED) is 0.802. The SMILES string of the molecule is C[C@@H](NC(=O)Cn1ccc(=O)c2ccccc21)c1ccc(F)cc1. The van der Waals surface area contributed by atoms with Crippen LogP contribution in [-0.2, 0) is 11.3 Å². The Kier molecular flexibility index (Phi) is 4.42. The minimum Gasteiger partial charge on any atom is -0.348 e. The molecule has 0 radical (unpaired) electrons. The number of carbonyl (C=O) groups is 1. The molecule has 5 heteroatoms. The fourth-order valence-corrected chi connectivity index (χ4v) is 2.67. The molecule has 0 saturated heterocycles. The second-order valence-corrected chi connectivity index (χ2v) is 5.67. The third-order valence-electron chi connectivity index (χ3n) is 3.95. The van der Waals surface area contributed by atoms with Crippen molar-refractivity contribution in [2.45, 2.75) is 19.5 Å². The number of pyridine rings is 1. The van der Waals surface area contributed by atoms with Gasteiger partial charge in [-0.15, -0.1) is 0 Å². The van der Waals surface area contributed by atoms with Crippen molar-refractivity contribution in [3.8, 4) is 0 Å². The van der Waals surface area contributed by atoms with Crippen LogP contribution in [0.4, 0.5) is 4.39 Å². The van der Waals surface area contributed by atoms with Gasteiger partial charge >= 0.3 is 0 Å². The fourth-order valence-electron chi connectivity index (χ4n) is 2.67. The molecule has 0 saturated carbocycles. The van der Waals surface area contributed by atoms with E-state index in [0.717, 1.165) is 11.1 Å². The second kappa shape index (κ2) is 6.66. The zero-order valence-electron chi connectivity index (χ0n) is 13.2. The van der Waals surface area contributed by atoms with Gasteiger partial charge in [0.15, 0.2) is 5.43 Å². The van der Waals surface area contributed by atoms with E-state index in [1.165, 1.54) is 18.2 Å². The molecule has 24 heavy (non-hydrogen) atoms. The molecular formula is C19H17FN2O2. The summed E-state index contributed by atoms with van der Waals surface area (Å²) in [7, 11) is 0. The Balaban J connectivity index is 1.77. The summed E-state index contributed by atoms with van der Waals surface area (Å²) >= 11 is 0.